The lowest BCUT2D eigenvalue weighted by Gasteiger charge is -2.07. The van der Waals surface area contributed by atoms with Crippen LogP contribution in [0.5, 0.6) is 5.75 Å². The molecular weight excluding hydrogens is 287 g/mol. The summed E-state index contributed by atoms with van der Waals surface area (Å²) in [6.45, 7) is 1.77. The molecule has 0 fully saturated rings. The van der Waals surface area contributed by atoms with Crippen LogP contribution < -0.4 is 5.32 Å². The van der Waals surface area contributed by atoms with E-state index in [4.69, 9.17) is 23.2 Å². The molecule has 0 saturated carbocycles. The van der Waals surface area contributed by atoms with E-state index < -0.39 is 0 Å². The molecular formula is C13H10Cl2N2O2. The molecule has 19 heavy (non-hydrogen) atoms. The highest BCUT2D eigenvalue weighted by molar-refractivity contribution is 6.41. The van der Waals surface area contributed by atoms with Gasteiger partial charge in [0.05, 0.1) is 10.6 Å². The van der Waals surface area contributed by atoms with Crippen molar-refractivity contribution in [3.8, 4) is 5.75 Å². The summed E-state index contributed by atoms with van der Waals surface area (Å²) in [5, 5.41) is 12.5. The highest BCUT2D eigenvalue weighted by Crippen LogP contribution is 2.23. The Morgan fingerprint density at radius 1 is 1.32 bits per heavy atom. The smallest absolute Gasteiger partial charge is 0.257 e. The van der Waals surface area contributed by atoms with Gasteiger partial charge in [0, 0.05) is 18.0 Å². The molecule has 1 amide bonds. The molecule has 1 aromatic carbocycles. The highest BCUT2D eigenvalue weighted by Gasteiger charge is 2.10. The number of halogens is 2. The number of aryl methyl sites for hydroxylation is 1. The summed E-state index contributed by atoms with van der Waals surface area (Å²) in [5.41, 5.74) is 1.50. The zero-order valence-electron chi connectivity index (χ0n) is 9.95. The van der Waals surface area contributed by atoms with Crippen LogP contribution in [-0.2, 0) is 0 Å². The van der Waals surface area contributed by atoms with Gasteiger partial charge in [-0.05, 0) is 24.6 Å². The van der Waals surface area contributed by atoms with Crippen molar-refractivity contribution in [2.24, 2.45) is 0 Å². The normalized spacial score (nSPS) is 10.3. The second-order valence-corrected chi connectivity index (χ2v) is 4.72. The van der Waals surface area contributed by atoms with Crippen LogP contribution in [0.1, 0.15) is 15.9 Å². The first kappa shape index (κ1) is 13.6. The minimum atomic E-state index is -0.380. The molecule has 0 aliphatic heterocycles. The summed E-state index contributed by atoms with van der Waals surface area (Å²) in [7, 11) is 0. The van der Waals surface area contributed by atoms with Gasteiger partial charge in [-0.25, -0.2) is 4.98 Å². The first-order valence-electron chi connectivity index (χ1n) is 5.39. The molecule has 0 aliphatic carbocycles. The first-order valence-corrected chi connectivity index (χ1v) is 6.15. The van der Waals surface area contributed by atoms with E-state index in [0.29, 0.717) is 5.69 Å². The van der Waals surface area contributed by atoms with Crippen LogP contribution in [0.3, 0.4) is 0 Å². The Bertz CT molecular complexity index is 645. The molecule has 0 aliphatic rings. The van der Waals surface area contributed by atoms with Crippen molar-refractivity contribution in [2.45, 2.75) is 6.92 Å². The predicted octanol–water partition coefficient (Wildman–Crippen LogP) is 3.65. The van der Waals surface area contributed by atoms with Gasteiger partial charge in [0.1, 0.15) is 10.9 Å². The molecule has 1 aromatic heterocycles. The third-order valence-electron chi connectivity index (χ3n) is 2.53. The Labute approximate surface area is 120 Å². The number of carbonyl (C=O) groups is 1. The lowest BCUT2D eigenvalue weighted by atomic mass is 10.2. The summed E-state index contributed by atoms with van der Waals surface area (Å²) >= 11 is 11.5. The average Bonchev–Trinajstić information content (AvgIpc) is 2.37. The summed E-state index contributed by atoms with van der Waals surface area (Å²) in [6, 6.07) is 6.30. The van der Waals surface area contributed by atoms with Crippen LogP contribution in [0, 0.1) is 6.92 Å². The average molecular weight is 297 g/mol. The highest BCUT2D eigenvalue weighted by atomic mass is 35.5. The molecule has 2 rings (SSSR count). The Hall–Kier alpha value is -1.78. The number of phenolic OH excluding ortho intramolecular Hbond substituents is 1. The molecule has 0 saturated heterocycles. The number of hydrogen-bond donors (Lipinski definition) is 2. The van der Waals surface area contributed by atoms with Crippen molar-refractivity contribution in [3.63, 3.8) is 0 Å². The number of amides is 1. The third kappa shape index (κ3) is 3.16. The van der Waals surface area contributed by atoms with E-state index in [1.54, 1.807) is 19.1 Å². The van der Waals surface area contributed by atoms with Crippen LogP contribution in [-0.4, -0.2) is 16.0 Å². The summed E-state index contributed by atoms with van der Waals surface area (Å²) in [5.74, 6) is -0.264. The van der Waals surface area contributed by atoms with Gasteiger partial charge in [0.25, 0.3) is 5.91 Å². The van der Waals surface area contributed by atoms with Crippen molar-refractivity contribution in [3.05, 3.63) is 51.8 Å². The van der Waals surface area contributed by atoms with Crippen LogP contribution in [0.2, 0.25) is 10.2 Å². The van der Waals surface area contributed by atoms with E-state index in [2.05, 4.69) is 10.3 Å². The number of hydrogen-bond acceptors (Lipinski definition) is 3. The number of carbonyl (C=O) groups excluding carboxylic acids is 1. The minimum absolute atomic E-state index is 0.116. The van der Waals surface area contributed by atoms with Crippen molar-refractivity contribution in [1.82, 2.24) is 4.98 Å². The third-order valence-corrected chi connectivity index (χ3v) is 3.21. The van der Waals surface area contributed by atoms with Gasteiger partial charge in [-0.1, -0.05) is 29.3 Å². The van der Waals surface area contributed by atoms with E-state index in [1.165, 1.54) is 18.3 Å². The quantitative estimate of drug-likeness (QED) is 0.832. The Morgan fingerprint density at radius 3 is 2.68 bits per heavy atom. The molecule has 0 bridgehead atoms. The van der Waals surface area contributed by atoms with Gasteiger partial charge in [0.15, 0.2) is 0 Å². The molecule has 2 N–H and O–H groups in total. The fourth-order valence-electron chi connectivity index (χ4n) is 1.44. The lowest BCUT2D eigenvalue weighted by molar-refractivity contribution is 0.102. The Morgan fingerprint density at radius 2 is 2.05 bits per heavy atom. The van der Waals surface area contributed by atoms with E-state index >= 15 is 0 Å². The number of nitrogens with one attached hydrogen (secondary N) is 1. The standard InChI is InChI=1S/C13H10Cl2N2O2/c1-7-2-3-9(5-11(7)18)17-13(19)8-4-10(14)12(15)16-6-8/h2-6,18H,1H3,(H,17,19). The van der Waals surface area contributed by atoms with Crippen LogP contribution in [0.4, 0.5) is 5.69 Å². The summed E-state index contributed by atoms with van der Waals surface area (Å²) in [4.78, 5) is 15.7. The van der Waals surface area contributed by atoms with Gasteiger partial charge in [-0.3, -0.25) is 4.79 Å². The van der Waals surface area contributed by atoms with Crippen molar-refractivity contribution in [2.75, 3.05) is 5.32 Å². The zero-order chi connectivity index (χ0) is 14.0. The molecule has 0 unspecified atom stereocenters. The lowest BCUT2D eigenvalue weighted by Crippen LogP contribution is -2.12. The monoisotopic (exact) mass is 296 g/mol. The fraction of sp³-hybridized carbons (Fsp3) is 0.0769. The number of aromatic hydroxyl groups is 1. The molecule has 1 heterocycles. The second-order valence-electron chi connectivity index (χ2n) is 3.95. The van der Waals surface area contributed by atoms with Gasteiger partial charge in [-0.15, -0.1) is 0 Å². The fourth-order valence-corrected chi connectivity index (χ4v) is 1.71. The summed E-state index contributed by atoms with van der Waals surface area (Å²) in [6.07, 6.45) is 1.33. The Kier molecular flexibility index (Phi) is 3.93. The summed E-state index contributed by atoms with van der Waals surface area (Å²) < 4.78 is 0. The van der Waals surface area contributed by atoms with Crippen LogP contribution in [0.15, 0.2) is 30.5 Å². The van der Waals surface area contributed by atoms with E-state index in [0.717, 1.165) is 5.56 Å². The first-order chi connectivity index (χ1) is 8.97. The SMILES string of the molecule is Cc1ccc(NC(=O)c2cnc(Cl)c(Cl)c2)cc1O. The number of benzene rings is 1. The number of anilines is 1. The number of phenols is 1. The molecule has 2 aromatic rings. The molecule has 0 radical (unpaired) electrons. The largest absolute Gasteiger partial charge is 0.508 e. The number of nitrogens with zero attached hydrogens (tertiary/aromatic N) is 1. The van der Waals surface area contributed by atoms with Crippen molar-refractivity contribution in [1.29, 1.82) is 0 Å². The van der Waals surface area contributed by atoms with E-state index in [1.807, 2.05) is 0 Å². The van der Waals surface area contributed by atoms with Gasteiger partial charge in [0.2, 0.25) is 0 Å². The predicted molar refractivity (Wildman–Crippen MR) is 75.1 cm³/mol. The maximum Gasteiger partial charge on any atom is 0.257 e. The van der Waals surface area contributed by atoms with E-state index in [9.17, 15) is 9.90 Å². The van der Waals surface area contributed by atoms with Crippen LogP contribution in [0.25, 0.3) is 0 Å². The molecule has 0 spiro atoms. The topological polar surface area (TPSA) is 62.2 Å². The molecule has 4 nitrogen and oxygen atoms in total. The number of pyridine rings is 1. The van der Waals surface area contributed by atoms with Crippen molar-refractivity contribution >= 4 is 34.8 Å². The zero-order valence-corrected chi connectivity index (χ0v) is 11.5. The number of rotatable bonds is 2. The molecule has 0 atom stereocenters. The minimum Gasteiger partial charge on any atom is -0.508 e. The molecule has 6 heteroatoms. The van der Waals surface area contributed by atoms with Crippen LogP contribution >= 0.6 is 23.2 Å². The van der Waals surface area contributed by atoms with E-state index in [-0.39, 0.29) is 27.4 Å². The Balaban J connectivity index is 2.20. The maximum atomic E-state index is 11.9. The van der Waals surface area contributed by atoms with Crippen molar-refractivity contribution < 1.29 is 9.90 Å². The van der Waals surface area contributed by atoms with Gasteiger partial charge in [-0.2, -0.15) is 0 Å². The maximum absolute atomic E-state index is 11.9. The molecule has 98 valence electrons. The van der Waals surface area contributed by atoms with Gasteiger partial charge < -0.3 is 10.4 Å². The van der Waals surface area contributed by atoms with Gasteiger partial charge >= 0.3 is 0 Å². The number of aromatic nitrogens is 1. The second kappa shape index (κ2) is 5.47.